The molecule has 0 aliphatic rings. The topological polar surface area (TPSA) is 120 Å². The predicted octanol–water partition coefficient (Wildman–Crippen LogP) is 1.08. The van der Waals surface area contributed by atoms with Crippen LogP contribution in [-0.2, 0) is 9.53 Å². The Morgan fingerprint density at radius 2 is 2.05 bits per heavy atom. The van der Waals surface area contributed by atoms with Crippen molar-refractivity contribution in [2.45, 2.75) is 32.4 Å². The molecule has 22 heavy (non-hydrogen) atoms. The van der Waals surface area contributed by atoms with Gasteiger partial charge in [0.15, 0.2) is 6.04 Å². The van der Waals surface area contributed by atoms with E-state index in [0.29, 0.717) is 10.8 Å². The summed E-state index contributed by atoms with van der Waals surface area (Å²) in [6, 6.07) is 0.528. The number of primary amides is 1. The minimum Gasteiger partial charge on any atom is -0.444 e. The third kappa shape index (κ3) is 3.66. The Hall–Kier alpha value is -2.77. The minimum absolute atomic E-state index is 0.248. The molecule has 3 N–H and O–H groups in total. The number of nitrogens with zero attached hydrogens (tertiary/aromatic N) is 3. The molecule has 1 unspecified atom stereocenters. The summed E-state index contributed by atoms with van der Waals surface area (Å²) in [4.78, 5) is 27.6. The van der Waals surface area contributed by atoms with Crippen LogP contribution in [0.25, 0.3) is 10.8 Å². The molecule has 2 heterocycles. The van der Waals surface area contributed by atoms with Crippen LogP contribution in [0.1, 0.15) is 32.5 Å². The molecule has 2 aromatic rings. The molecule has 2 amide bonds. The van der Waals surface area contributed by atoms with E-state index in [1.54, 1.807) is 39.2 Å². The average Bonchev–Trinajstić information content (AvgIpc) is 2.42. The first-order valence-corrected chi connectivity index (χ1v) is 6.62. The first-order chi connectivity index (χ1) is 10.3. The van der Waals surface area contributed by atoms with Crippen LogP contribution >= 0.6 is 0 Å². The molecule has 2 aromatic heterocycles. The maximum absolute atomic E-state index is 11.9. The summed E-state index contributed by atoms with van der Waals surface area (Å²) in [5, 5.41) is 11.5. The number of aromatic nitrogens is 3. The number of alkyl carbamates (subject to hydrolysis) is 1. The van der Waals surface area contributed by atoms with Crippen LogP contribution in [-0.4, -0.2) is 32.8 Å². The second kappa shape index (κ2) is 5.92. The average molecular weight is 303 g/mol. The lowest BCUT2D eigenvalue weighted by Crippen LogP contribution is -2.41. The lowest BCUT2D eigenvalue weighted by Gasteiger charge is -2.22. The minimum atomic E-state index is -1.14. The van der Waals surface area contributed by atoms with Crippen molar-refractivity contribution in [1.29, 1.82) is 0 Å². The first-order valence-electron chi connectivity index (χ1n) is 6.62. The van der Waals surface area contributed by atoms with Gasteiger partial charge >= 0.3 is 6.09 Å². The molecule has 2 rings (SSSR count). The zero-order valence-electron chi connectivity index (χ0n) is 12.5. The van der Waals surface area contributed by atoms with E-state index in [-0.39, 0.29) is 5.69 Å². The summed E-state index contributed by atoms with van der Waals surface area (Å²) in [6.07, 6.45) is 3.89. The Bertz CT molecular complexity index is 706. The van der Waals surface area contributed by atoms with Crippen molar-refractivity contribution in [2.75, 3.05) is 0 Å². The van der Waals surface area contributed by atoms with Crippen molar-refractivity contribution in [3.05, 3.63) is 30.4 Å². The number of hydrogen-bond acceptors (Lipinski definition) is 6. The van der Waals surface area contributed by atoms with Crippen LogP contribution in [0, 0.1) is 0 Å². The maximum atomic E-state index is 11.9. The lowest BCUT2D eigenvalue weighted by molar-refractivity contribution is -0.120. The Kier molecular flexibility index (Phi) is 4.20. The molecular formula is C14H17N5O3. The molecule has 0 aromatic carbocycles. The van der Waals surface area contributed by atoms with Gasteiger partial charge in [-0.2, -0.15) is 10.2 Å². The summed E-state index contributed by atoms with van der Waals surface area (Å²) < 4.78 is 5.13. The predicted molar refractivity (Wildman–Crippen MR) is 78.6 cm³/mol. The van der Waals surface area contributed by atoms with Crippen molar-refractivity contribution >= 4 is 22.8 Å². The second-order valence-electron chi connectivity index (χ2n) is 5.67. The number of fused-ring (bicyclic) bond motifs is 1. The number of nitrogens with two attached hydrogens (primary N) is 1. The van der Waals surface area contributed by atoms with E-state index >= 15 is 0 Å². The standard InChI is InChI=1S/C14H17N5O3/c1-14(2,3)22-13(21)18-11(12(15)20)10-9-4-5-16-6-8(9)7-17-19-10/h4-7,11H,1-3H3,(H2,15,20)(H,18,21). The highest BCUT2D eigenvalue weighted by atomic mass is 16.6. The van der Waals surface area contributed by atoms with E-state index in [2.05, 4.69) is 20.5 Å². The summed E-state index contributed by atoms with van der Waals surface area (Å²) in [7, 11) is 0. The fourth-order valence-corrected chi connectivity index (χ4v) is 1.86. The number of carbonyl (C=O) groups is 2. The monoisotopic (exact) mass is 303 g/mol. The van der Waals surface area contributed by atoms with Crippen molar-refractivity contribution in [2.24, 2.45) is 5.73 Å². The van der Waals surface area contributed by atoms with E-state index in [9.17, 15) is 9.59 Å². The van der Waals surface area contributed by atoms with Gasteiger partial charge in [-0.15, -0.1) is 0 Å². The Morgan fingerprint density at radius 3 is 2.68 bits per heavy atom. The van der Waals surface area contributed by atoms with Crippen molar-refractivity contribution < 1.29 is 14.3 Å². The van der Waals surface area contributed by atoms with E-state index in [1.807, 2.05) is 0 Å². The van der Waals surface area contributed by atoms with Gasteiger partial charge in [0.2, 0.25) is 5.91 Å². The van der Waals surface area contributed by atoms with Crippen LogP contribution in [0.5, 0.6) is 0 Å². The van der Waals surface area contributed by atoms with E-state index < -0.39 is 23.6 Å². The molecule has 0 fully saturated rings. The molecule has 0 spiro atoms. The van der Waals surface area contributed by atoms with E-state index in [1.165, 1.54) is 6.20 Å². The molecule has 0 aliphatic heterocycles. The van der Waals surface area contributed by atoms with Gasteiger partial charge in [-0.05, 0) is 26.8 Å². The van der Waals surface area contributed by atoms with Crippen LogP contribution in [0.15, 0.2) is 24.7 Å². The summed E-state index contributed by atoms with van der Waals surface area (Å²) in [5.41, 5.74) is 4.93. The number of hydrogen-bond donors (Lipinski definition) is 2. The Morgan fingerprint density at radius 1 is 1.32 bits per heavy atom. The van der Waals surface area contributed by atoms with Gasteiger partial charge in [0.25, 0.3) is 0 Å². The SMILES string of the molecule is CC(C)(C)OC(=O)NC(C(N)=O)c1nncc2cnccc12. The van der Waals surface area contributed by atoms with Crippen molar-refractivity contribution in [3.8, 4) is 0 Å². The third-order valence-corrected chi connectivity index (χ3v) is 2.71. The summed E-state index contributed by atoms with van der Waals surface area (Å²) in [5.74, 6) is -0.760. The fraction of sp³-hybridized carbons (Fsp3) is 0.357. The molecule has 0 saturated carbocycles. The normalized spacial score (nSPS) is 12.7. The zero-order chi connectivity index (χ0) is 16.3. The smallest absolute Gasteiger partial charge is 0.408 e. The molecule has 0 radical (unpaired) electrons. The lowest BCUT2D eigenvalue weighted by atomic mass is 10.1. The van der Waals surface area contributed by atoms with Crippen molar-refractivity contribution in [1.82, 2.24) is 20.5 Å². The Balaban J connectivity index is 2.35. The molecule has 8 heteroatoms. The molecule has 8 nitrogen and oxygen atoms in total. The fourth-order valence-electron chi connectivity index (χ4n) is 1.86. The van der Waals surface area contributed by atoms with Crippen molar-refractivity contribution in [3.63, 3.8) is 0 Å². The molecule has 0 bridgehead atoms. The highest BCUT2D eigenvalue weighted by Gasteiger charge is 2.27. The quantitative estimate of drug-likeness (QED) is 0.875. The maximum Gasteiger partial charge on any atom is 0.408 e. The van der Waals surface area contributed by atoms with Gasteiger partial charge in [-0.25, -0.2) is 4.79 Å². The highest BCUT2D eigenvalue weighted by molar-refractivity contribution is 5.91. The summed E-state index contributed by atoms with van der Waals surface area (Å²) in [6.45, 7) is 5.15. The summed E-state index contributed by atoms with van der Waals surface area (Å²) >= 11 is 0. The Labute approximate surface area is 127 Å². The van der Waals surface area contributed by atoms with E-state index in [0.717, 1.165) is 0 Å². The molecular weight excluding hydrogens is 286 g/mol. The molecule has 1 atom stereocenters. The van der Waals surface area contributed by atoms with Gasteiger partial charge in [-0.3, -0.25) is 9.78 Å². The van der Waals surface area contributed by atoms with Crippen LogP contribution in [0.4, 0.5) is 4.79 Å². The van der Waals surface area contributed by atoms with Gasteiger partial charge < -0.3 is 15.8 Å². The van der Waals surface area contributed by atoms with Crippen LogP contribution < -0.4 is 11.1 Å². The molecule has 0 aliphatic carbocycles. The number of amides is 2. The molecule has 0 saturated heterocycles. The second-order valence-corrected chi connectivity index (χ2v) is 5.67. The van der Waals surface area contributed by atoms with Gasteiger partial charge in [0.05, 0.1) is 6.20 Å². The number of nitrogens with one attached hydrogen (secondary N) is 1. The third-order valence-electron chi connectivity index (χ3n) is 2.71. The first kappa shape index (κ1) is 15.6. The van der Waals surface area contributed by atoms with Gasteiger partial charge in [0.1, 0.15) is 11.3 Å². The number of rotatable bonds is 3. The van der Waals surface area contributed by atoms with Gasteiger partial charge in [-0.1, -0.05) is 0 Å². The number of carbonyl (C=O) groups excluding carboxylic acids is 2. The highest BCUT2D eigenvalue weighted by Crippen LogP contribution is 2.20. The zero-order valence-corrected chi connectivity index (χ0v) is 12.5. The largest absolute Gasteiger partial charge is 0.444 e. The number of ether oxygens (including phenoxy) is 1. The molecule has 116 valence electrons. The van der Waals surface area contributed by atoms with Gasteiger partial charge in [0, 0.05) is 23.2 Å². The van der Waals surface area contributed by atoms with Crippen LogP contribution in [0.3, 0.4) is 0 Å². The van der Waals surface area contributed by atoms with Crippen LogP contribution in [0.2, 0.25) is 0 Å². The number of pyridine rings is 1. The van der Waals surface area contributed by atoms with E-state index in [4.69, 9.17) is 10.5 Å².